The third-order valence-electron chi connectivity index (χ3n) is 3.28. The molecule has 1 amide bonds. The van der Waals surface area contributed by atoms with Gasteiger partial charge in [0, 0.05) is 24.1 Å². The van der Waals surface area contributed by atoms with Crippen molar-refractivity contribution < 1.29 is 14.1 Å². The van der Waals surface area contributed by atoms with E-state index in [0.717, 1.165) is 29.8 Å². The minimum atomic E-state index is -0.337. The summed E-state index contributed by atoms with van der Waals surface area (Å²) in [4.78, 5) is 17.7. The number of ether oxygens (including phenoxy) is 1. The highest BCUT2D eigenvalue weighted by Crippen LogP contribution is 2.29. The Morgan fingerprint density at radius 3 is 3.33 bits per heavy atom. The topological polar surface area (TPSA) is 103 Å². The molecule has 2 heterocycles. The number of nitrogens with zero attached hydrogens (tertiary/aromatic N) is 2. The van der Waals surface area contributed by atoms with E-state index in [0.29, 0.717) is 10.9 Å². The second-order valence-electron chi connectivity index (χ2n) is 4.96. The number of aryl methyl sites for hydroxylation is 1. The SMILES string of the molecule is COCc1cc(C(=O)Nc2nc3c(s2)C[C@@H](N)CC3)no1. The molecule has 0 bridgehead atoms. The first kappa shape index (κ1) is 14.2. The lowest BCUT2D eigenvalue weighted by Crippen LogP contribution is -2.27. The highest BCUT2D eigenvalue weighted by Gasteiger charge is 2.21. The van der Waals surface area contributed by atoms with Crippen LogP contribution in [-0.2, 0) is 24.2 Å². The smallest absolute Gasteiger partial charge is 0.279 e. The summed E-state index contributed by atoms with van der Waals surface area (Å²) in [6.07, 6.45) is 2.63. The Labute approximate surface area is 125 Å². The molecule has 2 aromatic heterocycles. The van der Waals surface area contributed by atoms with E-state index in [4.69, 9.17) is 15.0 Å². The third-order valence-corrected chi connectivity index (χ3v) is 4.31. The lowest BCUT2D eigenvalue weighted by atomic mass is 9.99. The Kier molecular flexibility index (Phi) is 4.00. The predicted molar refractivity (Wildman–Crippen MR) is 77.3 cm³/mol. The molecule has 1 aliphatic rings. The van der Waals surface area contributed by atoms with Crippen LogP contribution in [0.5, 0.6) is 0 Å². The molecule has 8 heteroatoms. The molecule has 1 aliphatic carbocycles. The van der Waals surface area contributed by atoms with Gasteiger partial charge in [-0.15, -0.1) is 11.3 Å². The lowest BCUT2D eigenvalue weighted by molar-refractivity contribution is 0.101. The van der Waals surface area contributed by atoms with Crippen LogP contribution < -0.4 is 11.1 Å². The normalized spacial score (nSPS) is 17.5. The number of nitrogens with one attached hydrogen (secondary N) is 1. The van der Waals surface area contributed by atoms with Crippen molar-refractivity contribution >= 4 is 22.4 Å². The zero-order chi connectivity index (χ0) is 14.8. The van der Waals surface area contributed by atoms with Crippen molar-refractivity contribution in [3.8, 4) is 0 Å². The highest BCUT2D eigenvalue weighted by atomic mass is 32.1. The molecule has 0 saturated carbocycles. The maximum atomic E-state index is 12.1. The molecular formula is C13H16N4O3S. The van der Waals surface area contributed by atoms with Crippen LogP contribution in [-0.4, -0.2) is 29.2 Å². The van der Waals surface area contributed by atoms with E-state index in [1.54, 1.807) is 13.2 Å². The number of hydrogen-bond donors (Lipinski definition) is 2. The molecule has 0 saturated heterocycles. The van der Waals surface area contributed by atoms with Gasteiger partial charge in [0.15, 0.2) is 16.6 Å². The van der Waals surface area contributed by atoms with Gasteiger partial charge in [0.2, 0.25) is 0 Å². The summed E-state index contributed by atoms with van der Waals surface area (Å²) in [6, 6.07) is 1.75. The van der Waals surface area contributed by atoms with Gasteiger partial charge in [-0.3, -0.25) is 10.1 Å². The Morgan fingerprint density at radius 1 is 1.67 bits per heavy atom. The minimum absolute atomic E-state index is 0.189. The zero-order valence-corrected chi connectivity index (χ0v) is 12.4. The number of rotatable bonds is 4. The van der Waals surface area contributed by atoms with Crippen molar-refractivity contribution in [1.82, 2.24) is 10.1 Å². The zero-order valence-electron chi connectivity index (χ0n) is 11.6. The van der Waals surface area contributed by atoms with Crippen molar-refractivity contribution in [3.63, 3.8) is 0 Å². The summed E-state index contributed by atoms with van der Waals surface area (Å²) in [7, 11) is 1.55. The number of fused-ring (bicyclic) bond motifs is 1. The quantitative estimate of drug-likeness (QED) is 0.883. The first-order valence-corrected chi connectivity index (χ1v) is 7.47. The summed E-state index contributed by atoms with van der Waals surface area (Å²) < 4.78 is 9.91. The number of thiazole rings is 1. The number of nitrogens with two attached hydrogens (primary N) is 1. The molecule has 3 N–H and O–H groups in total. The van der Waals surface area contributed by atoms with Crippen LogP contribution in [0.3, 0.4) is 0 Å². The molecule has 21 heavy (non-hydrogen) atoms. The molecule has 3 rings (SSSR count). The number of carbonyl (C=O) groups is 1. The summed E-state index contributed by atoms with van der Waals surface area (Å²) in [5.41, 5.74) is 7.19. The molecule has 0 radical (unpaired) electrons. The molecule has 7 nitrogen and oxygen atoms in total. The van der Waals surface area contributed by atoms with Gasteiger partial charge in [-0.2, -0.15) is 0 Å². The Morgan fingerprint density at radius 2 is 2.52 bits per heavy atom. The van der Waals surface area contributed by atoms with Crippen molar-refractivity contribution in [3.05, 3.63) is 28.1 Å². The molecule has 112 valence electrons. The summed E-state index contributed by atoms with van der Waals surface area (Å²) in [5.74, 6) is 0.170. The molecule has 0 aliphatic heterocycles. The van der Waals surface area contributed by atoms with Gasteiger partial charge in [-0.25, -0.2) is 4.98 Å². The van der Waals surface area contributed by atoms with E-state index in [-0.39, 0.29) is 24.2 Å². The van der Waals surface area contributed by atoms with Gasteiger partial charge in [-0.1, -0.05) is 5.16 Å². The first-order chi connectivity index (χ1) is 10.2. The van der Waals surface area contributed by atoms with Gasteiger partial charge in [-0.05, 0) is 19.3 Å². The van der Waals surface area contributed by atoms with Crippen LogP contribution in [0.15, 0.2) is 10.6 Å². The summed E-state index contributed by atoms with van der Waals surface area (Å²) in [6.45, 7) is 0.281. The van der Waals surface area contributed by atoms with E-state index in [2.05, 4.69) is 15.5 Å². The lowest BCUT2D eigenvalue weighted by Gasteiger charge is -2.15. The molecule has 0 spiro atoms. The molecule has 1 atom stereocenters. The monoisotopic (exact) mass is 308 g/mol. The molecule has 2 aromatic rings. The summed E-state index contributed by atoms with van der Waals surface area (Å²) >= 11 is 1.47. The average Bonchev–Trinajstić information content (AvgIpc) is 3.05. The largest absolute Gasteiger partial charge is 0.377 e. The van der Waals surface area contributed by atoms with E-state index in [1.165, 1.54) is 11.3 Å². The Bertz CT molecular complexity index is 652. The van der Waals surface area contributed by atoms with Gasteiger partial charge >= 0.3 is 0 Å². The molecule has 0 fully saturated rings. The van der Waals surface area contributed by atoms with Crippen LogP contribution in [0.25, 0.3) is 0 Å². The van der Waals surface area contributed by atoms with E-state index < -0.39 is 0 Å². The van der Waals surface area contributed by atoms with Crippen LogP contribution in [0.1, 0.15) is 33.2 Å². The van der Waals surface area contributed by atoms with Crippen LogP contribution in [0.2, 0.25) is 0 Å². The first-order valence-electron chi connectivity index (χ1n) is 6.65. The predicted octanol–water partition coefficient (Wildman–Crippen LogP) is 1.35. The fraction of sp³-hybridized carbons (Fsp3) is 0.462. The molecular weight excluding hydrogens is 292 g/mol. The fourth-order valence-corrected chi connectivity index (χ4v) is 3.34. The van der Waals surface area contributed by atoms with Gasteiger partial charge in [0.1, 0.15) is 6.61 Å². The van der Waals surface area contributed by atoms with E-state index >= 15 is 0 Å². The van der Waals surface area contributed by atoms with Gasteiger partial charge in [0.05, 0.1) is 5.69 Å². The number of carbonyl (C=O) groups excluding carboxylic acids is 1. The maximum Gasteiger partial charge on any atom is 0.279 e. The van der Waals surface area contributed by atoms with Gasteiger partial charge < -0.3 is 15.0 Å². The number of aromatic nitrogens is 2. The second-order valence-corrected chi connectivity index (χ2v) is 6.04. The van der Waals surface area contributed by atoms with Crippen molar-refractivity contribution in [1.29, 1.82) is 0 Å². The van der Waals surface area contributed by atoms with Crippen LogP contribution in [0, 0.1) is 0 Å². The van der Waals surface area contributed by atoms with E-state index in [9.17, 15) is 4.79 Å². The van der Waals surface area contributed by atoms with Crippen molar-refractivity contribution in [2.24, 2.45) is 5.73 Å². The van der Waals surface area contributed by atoms with E-state index in [1.807, 2.05) is 0 Å². The Balaban J connectivity index is 1.69. The number of methoxy groups -OCH3 is 1. The third kappa shape index (κ3) is 3.12. The molecule has 0 aromatic carbocycles. The Hall–Kier alpha value is -1.77. The van der Waals surface area contributed by atoms with Crippen molar-refractivity contribution in [2.75, 3.05) is 12.4 Å². The van der Waals surface area contributed by atoms with Crippen molar-refractivity contribution in [2.45, 2.75) is 31.9 Å². The molecule has 0 unspecified atom stereocenters. The fourth-order valence-electron chi connectivity index (χ4n) is 2.25. The number of hydrogen-bond acceptors (Lipinski definition) is 7. The number of amides is 1. The van der Waals surface area contributed by atoms with Gasteiger partial charge in [0.25, 0.3) is 5.91 Å². The average molecular weight is 308 g/mol. The standard InChI is InChI=1S/C13H16N4O3S/c1-19-6-8-5-10(17-20-8)12(18)16-13-15-9-3-2-7(14)4-11(9)21-13/h5,7H,2-4,6,14H2,1H3,(H,15,16,18)/t7-/m0/s1. The summed E-state index contributed by atoms with van der Waals surface area (Å²) in [5, 5.41) is 7.04. The second kappa shape index (κ2) is 5.92. The number of anilines is 1. The van der Waals surface area contributed by atoms with Crippen LogP contribution in [0.4, 0.5) is 5.13 Å². The minimum Gasteiger partial charge on any atom is -0.377 e. The maximum absolute atomic E-state index is 12.1. The highest BCUT2D eigenvalue weighted by molar-refractivity contribution is 7.15. The van der Waals surface area contributed by atoms with Crippen LogP contribution >= 0.6 is 11.3 Å².